The van der Waals surface area contributed by atoms with Crippen molar-refractivity contribution in [2.45, 2.75) is 11.3 Å². The van der Waals surface area contributed by atoms with Crippen molar-refractivity contribution < 1.29 is 8.42 Å². The van der Waals surface area contributed by atoms with Gasteiger partial charge < -0.3 is 5.32 Å². The minimum atomic E-state index is -3.35. The normalized spacial score (nSPS) is 22.1. The van der Waals surface area contributed by atoms with Gasteiger partial charge in [-0.2, -0.15) is 9.40 Å². The van der Waals surface area contributed by atoms with E-state index in [2.05, 4.69) is 10.4 Å². The molecule has 1 aromatic heterocycles. The zero-order chi connectivity index (χ0) is 12.5. The van der Waals surface area contributed by atoms with Crippen LogP contribution in [0, 0.1) is 5.92 Å². The molecule has 7 heteroatoms. The lowest BCUT2D eigenvalue weighted by atomic mass is 10.1. The maximum Gasteiger partial charge on any atom is 0.246 e. The molecule has 96 valence electrons. The van der Waals surface area contributed by atoms with Crippen LogP contribution in [0.25, 0.3) is 0 Å². The van der Waals surface area contributed by atoms with Gasteiger partial charge in [-0.25, -0.2) is 8.42 Å². The van der Waals surface area contributed by atoms with Crippen molar-refractivity contribution in [3.63, 3.8) is 0 Å². The van der Waals surface area contributed by atoms with Crippen LogP contribution < -0.4 is 5.32 Å². The van der Waals surface area contributed by atoms with Gasteiger partial charge in [-0.15, -0.1) is 0 Å². The van der Waals surface area contributed by atoms with Gasteiger partial charge in [-0.3, -0.25) is 4.68 Å². The predicted molar refractivity (Wildman–Crippen MR) is 64.0 cm³/mol. The van der Waals surface area contributed by atoms with E-state index in [9.17, 15) is 8.42 Å². The highest BCUT2D eigenvalue weighted by molar-refractivity contribution is 7.89. The Morgan fingerprint density at radius 3 is 2.94 bits per heavy atom. The number of aryl methyl sites for hydroxylation is 1. The topological polar surface area (TPSA) is 67.2 Å². The van der Waals surface area contributed by atoms with Gasteiger partial charge in [0.25, 0.3) is 0 Å². The fourth-order valence-corrected chi connectivity index (χ4v) is 3.67. The minimum Gasteiger partial charge on any atom is -0.319 e. The van der Waals surface area contributed by atoms with E-state index in [1.807, 2.05) is 7.05 Å². The highest BCUT2D eigenvalue weighted by Gasteiger charge is 2.32. The molecule has 0 aliphatic carbocycles. The number of nitrogens with one attached hydrogen (secondary N) is 1. The second kappa shape index (κ2) is 4.75. The molecule has 2 rings (SSSR count). The summed E-state index contributed by atoms with van der Waals surface area (Å²) in [6, 6.07) is 0. The van der Waals surface area contributed by atoms with Crippen LogP contribution in [-0.4, -0.2) is 49.2 Å². The van der Waals surface area contributed by atoms with Crippen LogP contribution in [0.5, 0.6) is 0 Å². The van der Waals surface area contributed by atoms with Gasteiger partial charge in [0.1, 0.15) is 4.90 Å². The molecule has 1 aliphatic heterocycles. The minimum absolute atomic E-state index is 0.283. The van der Waals surface area contributed by atoms with Crippen LogP contribution in [0.2, 0.25) is 0 Å². The highest BCUT2D eigenvalue weighted by Crippen LogP contribution is 2.23. The summed E-state index contributed by atoms with van der Waals surface area (Å²) in [5.74, 6) is 0.409. The summed E-state index contributed by atoms with van der Waals surface area (Å²) in [4.78, 5) is 0.283. The standard InChI is InChI=1S/C10H18N4O2S/c1-11-5-9-3-4-14(7-9)17(15,16)10-6-12-13(2)8-10/h6,8-9,11H,3-5,7H2,1-2H3. The lowest BCUT2D eigenvalue weighted by Gasteiger charge is -2.15. The maximum absolute atomic E-state index is 12.2. The van der Waals surface area contributed by atoms with Crippen LogP contribution >= 0.6 is 0 Å². The van der Waals surface area contributed by atoms with E-state index in [0.29, 0.717) is 19.0 Å². The molecule has 1 fully saturated rings. The number of sulfonamides is 1. The first-order chi connectivity index (χ1) is 8.04. The molecule has 1 saturated heterocycles. The third kappa shape index (κ3) is 2.51. The molecular weight excluding hydrogens is 240 g/mol. The fourth-order valence-electron chi connectivity index (χ4n) is 2.15. The predicted octanol–water partition coefficient (Wildman–Crippen LogP) is -0.350. The lowest BCUT2D eigenvalue weighted by Crippen LogP contribution is -2.30. The van der Waals surface area contributed by atoms with Crippen LogP contribution in [0.4, 0.5) is 0 Å². The third-order valence-electron chi connectivity index (χ3n) is 3.06. The van der Waals surface area contributed by atoms with Crippen molar-refractivity contribution in [3.05, 3.63) is 12.4 Å². The molecule has 17 heavy (non-hydrogen) atoms. The van der Waals surface area contributed by atoms with E-state index in [1.54, 1.807) is 17.5 Å². The lowest BCUT2D eigenvalue weighted by molar-refractivity contribution is 0.451. The van der Waals surface area contributed by atoms with Crippen LogP contribution in [-0.2, 0) is 17.1 Å². The average Bonchev–Trinajstić information content (AvgIpc) is 2.88. The summed E-state index contributed by atoms with van der Waals surface area (Å²) in [6.45, 7) is 2.06. The molecule has 0 spiro atoms. The summed E-state index contributed by atoms with van der Waals surface area (Å²) in [6.07, 6.45) is 3.86. The van der Waals surface area contributed by atoms with Gasteiger partial charge in [-0.05, 0) is 25.9 Å². The molecular formula is C10H18N4O2S. The zero-order valence-electron chi connectivity index (χ0n) is 10.1. The van der Waals surface area contributed by atoms with Crippen LogP contribution in [0.3, 0.4) is 0 Å². The Bertz CT molecular complexity index is 482. The Hall–Kier alpha value is -0.920. The first kappa shape index (κ1) is 12.5. The van der Waals surface area contributed by atoms with E-state index in [0.717, 1.165) is 13.0 Å². The van der Waals surface area contributed by atoms with Gasteiger partial charge in [-0.1, -0.05) is 0 Å². The van der Waals surface area contributed by atoms with Crippen molar-refractivity contribution in [2.75, 3.05) is 26.7 Å². The number of hydrogen-bond acceptors (Lipinski definition) is 4. The molecule has 0 radical (unpaired) electrons. The molecule has 1 aliphatic rings. The van der Waals surface area contributed by atoms with E-state index in [-0.39, 0.29) is 4.90 Å². The van der Waals surface area contributed by atoms with Gasteiger partial charge in [0, 0.05) is 26.3 Å². The van der Waals surface area contributed by atoms with E-state index < -0.39 is 10.0 Å². The fraction of sp³-hybridized carbons (Fsp3) is 0.700. The molecule has 0 amide bonds. The first-order valence-corrected chi connectivity index (χ1v) is 7.11. The van der Waals surface area contributed by atoms with Crippen molar-refractivity contribution in [1.29, 1.82) is 0 Å². The van der Waals surface area contributed by atoms with Gasteiger partial charge in [0.15, 0.2) is 0 Å². The van der Waals surface area contributed by atoms with Crippen molar-refractivity contribution in [3.8, 4) is 0 Å². The van der Waals surface area contributed by atoms with Crippen LogP contribution in [0.1, 0.15) is 6.42 Å². The second-order valence-electron chi connectivity index (χ2n) is 4.43. The monoisotopic (exact) mass is 258 g/mol. The Balaban J connectivity index is 2.13. The van der Waals surface area contributed by atoms with E-state index in [1.165, 1.54) is 10.9 Å². The van der Waals surface area contributed by atoms with Gasteiger partial charge >= 0.3 is 0 Å². The molecule has 1 aromatic rings. The Labute approximate surface area is 102 Å². The zero-order valence-corrected chi connectivity index (χ0v) is 10.9. The molecule has 0 aromatic carbocycles. The second-order valence-corrected chi connectivity index (χ2v) is 6.36. The van der Waals surface area contributed by atoms with Gasteiger partial charge in [0.05, 0.1) is 6.20 Å². The maximum atomic E-state index is 12.2. The molecule has 0 saturated carbocycles. The first-order valence-electron chi connectivity index (χ1n) is 5.67. The number of aromatic nitrogens is 2. The third-order valence-corrected chi connectivity index (χ3v) is 4.88. The van der Waals surface area contributed by atoms with E-state index >= 15 is 0 Å². The quantitative estimate of drug-likeness (QED) is 0.801. The Kier molecular flexibility index (Phi) is 3.50. The smallest absolute Gasteiger partial charge is 0.246 e. The van der Waals surface area contributed by atoms with Crippen LogP contribution in [0.15, 0.2) is 17.3 Å². The molecule has 6 nitrogen and oxygen atoms in total. The van der Waals surface area contributed by atoms with Crippen molar-refractivity contribution in [2.24, 2.45) is 13.0 Å². The average molecular weight is 258 g/mol. The van der Waals surface area contributed by atoms with E-state index in [4.69, 9.17) is 0 Å². The molecule has 1 N–H and O–H groups in total. The Morgan fingerprint density at radius 1 is 1.59 bits per heavy atom. The molecule has 1 atom stereocenters. The van der Waals surface area contributed by atoms with Crippen molar-refractivity contribution >= 4 is 10.0 Å². The summed E-state index contributed by atoms with van der Waals surface area (Å²) in [5, 5.41) is 7.00. The summed E-state index contributed by atoms with van der Waals surface area (Å²) >= 11 is 0. The molecule has 1 unspecified atom stereocenters. The number of hydrogen-bond donors (Lipinski definition) is 1. The Morgan fingerprint density at radius 2 is 2.35 bits per heavy atom. The largest absolute Gasteiger partial charge is 0.319 e. The summed E-state index contributed by atoms with van der Waals surface area (Å²) in [5.41, 5.74) is 0. The van der Waals surface area contributed by atoms with Crippen molar-refractivity contribution in [1.82, 2.24) is 19.4 Å². The van der Waals surface area contributed by atoms with Gasteiger partial charge in [0.2, 0.25) is 10.0 Å². The SMILES string of the molecule is CNCC1CCN(S(=O)(=O)c2cnn(C)c2)C1. The number of nitrogens with zero attached hydrogens (tertiary/aromatic N) is 3. The highest BCUT2D eigenvalue weighted by atomic mass is 32.2. The summed E-state index contributed by atoms with van der Waals surface area (Å²) < 4.78 is 27.6. The number of rotatable bonds is 4. The molecule has 0 bridgehead atoms. The summed E-state index contributed by atoms with van der Waals surface area (Å²) in [7, 11) is 0.255. The molecule has 2 heterocycles.